The van der Waals surface area contributed by atoms with Crippen molar-refractivity contribution in [3.63, 3.8) is 0 Å². The van der Waals surface area contributed by atoms with E-state index in [9.17, 15) is 13.2 Å². The molecule has 0 fully saturated rings. The molecule has 26 heavy (non-hydrogen) atoms. The van der Waals surface area contributed by atoms with Gasteiger partial charge in [0.1, 0.15) is 0 Å². The van der Waals surface area contributed by atoms with Gasteiger partial charge in [0.2, 0.25) is 0 Å². The van der Waals surface area contributed by atoms with Gasteiger partial charge in [0.15, 0.2) is 0 Å². The molecule has 0 unspecified atom stereocenters. The normalized spacial score (nSPS) is 14.4. The zero-order valence-electron chi connectivity index (χ0n) is 14.3. The van der Waals surface area contributed by atoms with Crippen LogP contribution in [0, 0.1) is 0 Å². The van der Waals surface area contributed by atoms with Crippen LogP contribution in [-0.4, -0.2) is 0 Å². The number of hydrogen-bond acceptors (Lipinski definition) is 0. The summed E-state index contributed by atoms with van der Waals surface area (Å²) in [5.41, 5.74) is 4.59. The molecule has 1 aliphatic carbocycles. The van der Waals surface area contributed by atoms with Crippen molar-refractivity contribution >= 4 is 0 Å². The quantitative estimate of drug-likeness (QED) is 0.517. The van der Waals surface area contributed by atoms with Crippen LogP contribution in [0.15, 0.2) is 72.8 Å². The fourth-order valence-corrected chi connectivity index (χ4v) is 4.06. The molecular formula is C23H19F3. The van der Waals surface area contributed by atoms with E-state index in [0.29, 0.717) is 12.0 Å². The van der Waals surface area contributed by atoms with E-state index in [1.54, 1.807) is 12.1 Å². The summed E-state index contributed by atoms with van der Waals surface area (Å²) in [6.07, 6.45) is -2.14. The minimum atomic E-state index is -4.33. The molecule has 0 heterocycles. The molecule has 132 valence electrons. The van der Waals surface area contributed by atoms with Gasteiger partial charge in [-0.1, -0.05) is 66.7 Å². The molecule has 0 N–H and O–H groups in total. The Balaban J connectivity index is 1.85. The van der Waals surface area contributed by atoms with Crippen LogP contribution in [0.3, 0.4) is 0 Å². The molecule has 0 nitrogen and oxygen atoms in total. The zero-order chi connectivity index (χ0) is 18.1. The summed E-state index contributed by atoms with van der Waals surface area (Å²) in [6.45, 7) is 0. The fraction of sp³-hybridized carbons (Fsp3) is 0.217. The molecule has 4 rings (SSSR count). The van der Waals surface area contributed by atoms with Crippen LogP contribution in [-0.2, 0) is 25.4 Å². The molecule has 0 radical (unpaired) electrons. The number of aryl methyl sites for hydroxylation is 2. The highest BCUT2D eigenvalue weighted by Gasteiger charge is 2.34. The lowest BCUT2D eigenvalue weighted by molar-refractivity contribution is -0.138. The van der Waals surface area contributed by atoms with Crippen LogP contribution in [0.2, 0.25) is 0 Å². The molecule has 0 aromatic heterocycles. The lowest BCUT2D eigenvalue weighted by atomic mass is 9.82. The van der Waals surface area contributed by atoms with Crippen molar-refractivity contribution in [2.45, 2.75) is 31.4 Å². The molecular weight excluding hydrogens is 333 g/mol. The van der Waals surface area contributed by atoms with Crippen molar-refractivity contribution < 1.29 is 13.2 Å². The highest BCUT2D eigenvalue weighted by molar-refractivity contribution is 5.47. The molecule has 0 bridgehead atoms. The van der Waals surface area contributed by atoms with Gasteiger partial charge >= 0.3 is 6.18 Å². The van der Waals surface area contributed by atoms with Gasteiger partial charge < -0.3 is 0 Å². The Hall–Kier alpha value is -2.55. The molecule has 3 aromatic rings. The van der Waals surface area contributed by atoms with Crippen molar-refractivity contribution in [1.82, 2.24) is 0 Å². The van der Waals surface area contributed by atoms with Gasteiger partial charge in [-0.3, -0.25) is 0 Å². The largest absolute Gasteiger partial charge is 0.416 e. The second kappa shape index (κ2) is 6.64. The summed E-state index contributed by atoms with van der Waals surface area (Å²) in [4.78, 5) is 0. The topological polar surface area (TPSA) is 0 Å². The summed E-state index contributed by atoms with van der Waals surface area (Å²) in [5.74, 6) is -0.0617. The molecule has 0 amide bonds. The number of alkyl halides is 3. The van der Waals surface area contributed by atoms with E-state index in [0.717, 1.165) is 24.0 Å². The predicted molar refractivity (Wildman–Crippen MR) is 97.3 cm³/mol. The molecule has 3 aromatic carbocycles. The first-order chi connectivity index (χ1) is 12.5. The van der Waals surface area contributed by atoms with Crippen molar-refractivity contribution in [2.24, 2.45) is 0 Å². The van der Waals surface area contributed by atoms with Crippen LogP contribution in [0.1, 0.15) is 39.3 Å². The first-order valence-electron chi connectivity index (χ1n) is 8.85. The third-order valence-corrected chi connectivity index (χ3v) is 5.27. The maximum absolute atomic E-state index is 13.5. The van der Waals surface area contributed by atoms with Crippen LogP contribution in [0.4, 0.5) is 13.2 Å². The Bertz CT molecular complexity index is 877. The molecule has 0 aliphatic heterocycles. The van der Waals surface area contributed by atoms with Crippen molar-refractivity contribution in [3.8, 4) is 0 Å². The molecule has 0 spiro atoms. The van der Waals surface area contributed by atoms with Gasteiger partial charge in [0.25, 0.3) is 0 Å². The Morgan fingerprint density at radius 1 is 0.692 bits per heavy atom. The Morgan fingerprint density at radius 2 is 1.19 bits per heavy atom. The average molecular weight is 352 g/mol. The Labute approximate surface area is 151 Å². The fourth-order valence-electron chi connectivity index (χ4n) is 4.06. The minimum Gasteiger partial charge on any atom is -0.166 e. The van der Waals surface area contributed by atoms with Gasteiger partial charge in [-0.15, -0.1) is 0 Å². The average Bonchev–Trinajstić information content (AvgIpc) is 2.79. The first kappa shape index (κ1) is 16.9. The molecule has 1 aliphatic rings. The smallest absolute Gasteiger partial charge is 0.166 e. The third-order valence-electron chi connectivity index (χ3n) is 5.27. The second-order valence-corrected chi connectivity index (χ2v) is 6.81. The van der Waals surface area contributed by atoms with Crippen molar-refractivity contribution in [2.75, 3.05) is 0 Å². The number of halogens is 3. The molecule has 3 heteroatoms. The standard InChI is InChI=1S/C23H19F3/c24-23(25,26)22-12-6-3-9-18(22)15-21-19-10-4-1-7-16(19)13-14-17-8-2-5-11-20(17)21/h1-12,21H,13-15H2. The van der Waals surface area contributed by atoms with Crippen LogP contribution in [0.5, 0.6) is 0 Å². The minimum absolute atomic E-state index is 0.0617. The molecule has 0 saturated heterocycles. The summed E-state index contributed by atoms with van der Waals surface area (Å²) in [7, 11) is 0. The van der Waals surface area contributed by atoms with E-state index >= 15 is 0 Å². The summed E-state index contributed by atoms with van der Waals surface area (Å²) >= 11 is 0. The van der Waals surface area contributed by atoms with Gasteiger partial charge in [-0.05, 0) is 53.1 Å². The van der Waals surface area contributed by atoms with E-state index in [2.05, 4.69) is 24.3 Å². The zero-order valence-corrected chi connectivity index (χ0v) is 14.3. The van der Waals surface area contributed by atoms with Crippen molar-refractivity contribution in [1.29, 1.82) is 0 Å². The van der Waals surface area contributed by atoms with E-state index < -0.39 is 11.7 Å². The lowest BCUT2D eigenvalue weighted by Gasteiger charge is -2.22. The SMILES string of the molecule is FC(F)(F)c1ccccc1CC1c2ccccc2CCc2ccccc21. The Kier molecular flexibility index (Phi) is 4.31. The number of benzene rings is 3. The number of hydrogen-bond donors (Lipinski definition) is 0. The van der Waals surface area contributed by atoms with Gasteiger partial charge in [-0.25, -0.2) is 0 Å². The second-order valence-electron chi connectivity index (χ2n) is 6.81. The van der Waals surface area contributed by atoms with Crippen LogP contribution in [0.25, 0.3) is 0 Å². The van der Waals surface area contributed by atoms with Crippen LogP contribution < -0.4 is 0 Å². The van der Waals surface area contributed by atoms with E-state index in [1.807, 2.05) is 24.3 Å². The lowest BCUT2D eigenvalue weighted by Crippen LogP contribution is -2.13. The maximum Gasteiger partial charge on any atom is 0.416 e. The highest BCUT2D eigenvalue weighted by atomic mass is 19.4. The monoisotopic (exact) mass is 352 g/mol. The first-order valence-corrected chi connectivity index (χ1v) is 8.85. The highest BCUT2D eigenvalue weighted by Crippen LogP contribution is 2.39. The van der Waals surface area contributed by atoms with E-state index in [-0.39, 0.29) is 5.92 Å². The third kappa shape index (κ3) is 3.14. The molecule has 0 saturated carbocycles. The molecule has 0 atom stereocenters. The van der Waals surface area contributed by atoms with Crippen molar-refractivity contribution in [3.05, 3.63) is 106 Å². The summed E-state index contributed by atoms with van der Waals surface area (Å²) < 4.78 is 40.4. The number of fused-ring (bicyclic) bond motifs is 2. The maximum atomic E-state index is 13.5. The van der Waals surface area contributed by atoms with Crippen LogP contribution >= 0.6 is 0 Å². The van der Waals surface area contributed by atoms with Gasteiger partial charge in [0.05, 0.1) is 5.56 Å². The predicted octanol–water partition coefficient (Wildman–Crippen LogP) is 6.18. The van der Waals surface area contributed by atoms with E-state index in [4.69, 9.17) is 0 Å². The summed E-state index contributed by atoms with van der Waals surface area (Å²) in [6, 6.07) is 22.3. The summed E-state index contributed by atoms with van der Waals surface area (Å²) in [5, 5.41) is 0. The van der Waals surface area contributed by atoms with E-state index in [1.165, 1.54) is 23.3 Å². The Morgan fingerprint density at radius 3 is 1.77 bits per heavy atom. The van der Waals surface area contributed by atoms with Gasteiger partial charge in [-0.2, -0.15) is 13.2 Å². The number of rotatable bonds is 2. The van der Waals surface area contributed by atoms with Gasteiger partial charge in [0, 0.05) is 5.92 Å².